The summed E-state index contributed by atoms with van der Waals surface area (Å²) >= 11 is 0. The van der Waals surface area contributed by atoms with Crippen LogP contribution in [0.15, 0.2) is 24.3 Å². The van der Waals surface area contributed by atoms with Gasteiger partial charge in [0.2, 0.25) is 5.95 Å². The fourth-order valence-electron chi connectivity index (χ4n) is 1.56. The van der Waals surface area contributed by atoms with E-state index in [1.807, 2.05) is 24.3 Å². The molecule has 0 saturated carbocycles. The summed E-state index contributed by atoms with van der Waals surface area (Å²) in [5, 5.41) is 0. The van der Waals surface area contributed by atoms with Crippen LogP contribution in [0.2, 0.25) is 0 Å². The number of methoxy groups -OCH3 is 1. The van der Waals surface area contributed by atoms with Gasteiger partial charge >= 0.3 is 0 Å². The molecule has 0 unspecified atom stereocenters. The van der Waals surface area contributed by atoms with Gasteiger partial charge in [-0.1, -0.05) is 12.1 Å². The largest absolute Gasteiger partial charge is 0.497 e. The van der Waals surface area contributed by atoms with E-state index >= 15 is 0 Å². The Bertz CT molecular complexity index is 490. The smallest absolute Gasteiger partial charge is 0.223 e. The third kappa shape index (κ3) is 2.90. The van der Waals surface area contributed by atoms with Crippen molar-refractivity contribution in [2.75, 3.05) is 12.8 Å². The Morgan fingerprint density at radius 1 is 1.12 bits per heavy atom. The summed E-state index contributed by atoms with van der Waals surface area (Å²) < 4.78 is 5.10. The van der Waals surface area contributed by atoms with E-state index in [4.69, 9.17) is 10.5 Å². The van der Waals surface area contributed by atoms with E-state index in [9.17, 15) is 0 Å². The Balaban J connectivity index is 2.19. The van der Waals surface area contributed by atoms with Gasteiger partial charge in [0.1, 0.15) is 17.4 Å². The molecule has 5 nitrogen and oxygen atoms in total. The standard InChI is InChI=1S/C12H14N4O/c1-8-14-11(16-12(13)15-8)7-9-3-5-10(17-2)6-4-9/h3-6H,7H2,1-2H3,(H2,13,14,15,16). The third-order valence-corrected chi connectivity index (χ3v) is 2.33. The lowest BCUT2D eigenvalue weighted by Crippen LogP contribution is -2.05. The number of nitrogens with two attached hydrogens (primary N) is 1. The maximum Gasteiger partial charge on any atom is 0.223 e. The third-order valence-electron chi connectivity index (χ3n) is 2.33. The number of aromatic nitrogens is 3. The predicted octanol–water partition coefficient (Wildman–Crippen LogP) is 1.36. The molecule has 2 aromatic rings. The minimum atomic E-state index is 0.265. The highest BCUT2D eigenvalue weighted by atomic mass is 16.5. The van der Waals surface area contributed by atoms with Crippen molar-refractivity contribution >= 4 is 5.95 Å². The number of nitrogen functional groups attached to an aromatic ring is 1. The number of ether oxygens (including phenoxy) is 1. The molecule has 1 aromatic heterocycles. The van der Waals surface area contributed by atoms with Crippen molar-refractivity contribution in [3.8, 4) is 5.75 Å². The van der Waals surface area contributed by atoms with E-state index in [2.05, 4.69) is 15.0 Å². The fourth-order valence-corrected chi connectivity index (χ4v) is 1.56. The molecule has 2 N–H and O–H groups in total. The minimum Gasteiger partial charge on any atom is -0.497 e. The number of anilines is 1. The number of hydrogen-bond acceptors (Lipinski definition) is 5. The topological polar surface area (TPSA) is 73.9 Å². The van der Waals surface area contributed by atoms with Gasteiger partial charge < -0.3 is 10.5 Å². The average Bonchev–Trinajstić information content (AvgIpc) is 2.28. The molecule has 0 atom stereocenters. The van der Waals surface area contributed by atoms with E-state index < -0.39 is 0 Å². The second-order valence-corrected chi connectivity index (χ2v) is 3.68. The average molecular weight is 230 g/mol. The van der Waals surface area contributed by atoms with Gasteiger partial charge in [-0.3, -0.25) is 0 Å². The summed E-state index contributed by atoms with van der Waals surface area (Å²) in [5.74, 6) is 2.42. The first-order valence-electron chi connectivity index (χ1n) is 5.27. The Hall–Kier alpha value is -2.17. The molecular weight excluding hydrogens is 216 g/mol. The SMILES string of the molecule is COc1ccc(Cc2nc(C)nc(N)n2)cc1. The van der Waals surface area contributed by atoms with Crippen molar-refractivity contribution < 1.29 is 4.74 Å². The molecule has 0 amide bonds. The van der Waals surface area contributed by atoms with Crippen LogP contribution >= 0.6 is 0 Å². The lowest BCUT2D eigenvalue weighted by Gasteiger charge is -2.04. The molecular formula is C12H14N4O. The highest BCUT2D eigenvalue weighted by molar-refractivity contribution is 5.29. The number of nitrogens with zero attached hydrogens (tertiary/aromatic N) is 3. The molecule has 0 spiro atoms. The molecule has 88 valence electrons. The lowest BCUT2D eigenvalue weighted by molar-refractivity contribution is 0.414. The zero-order chi connectivity index (χ0) is 12.3. The Morgan fingerprint density at radius 3 is 2.41 bits per heavy atom. The zero-order valence-electron chi connectivity index (χ0n) is 9.84. The van der Waals surface area contributed by atoms with Gasteiger partial charge in [0.15, 0.2) is 0 Å². The quantitative estimate of drug-likeness (QED) is 0.861. The Labute approximate surface area is 99.7 Å². The van der Waals surface area contributed by atoms with E-state index in [0.29, 0.717) is 18.1 Å². The maximum absolute atomic E-state index is 5.58. The van der Waals surface area contributed by atoms with Crippen LogP contribution in [0.1, 0.15) is 17.2 Å². The van der Waals surface area contributed by atoms with Gasteiger partial charge in [-0.15, -0.1) is 0 Å². The normalized spacial score (nSPS) is 10.2. The van der Waals surface area contributed by atoms with E-state index in [1.165, 1.54) is 0 Å². The van der Waals surface area contributed by atoms with Crippen LogP contribution in [-0.2, 0) is 6.42 Å². The van der Waals surface area contributed by atoms with E-state index in [0.717, 1.165) is 11.3 Å². The first-order valence-corrected chi connectivity index (χ1v) is 5.27. The first kappa shape index (κ1) is 11.3. The molecule has 5 heteroatoms. The Kier molecular flexibility index (Phi) is 3.18. The van der Waals surface area contributed by atoms with Gasteiger partial charge in [0.25, 0.3) is 0 Å². The van der Waals surface area contributed by atoms with Crippen molar-refractivity contribution in [1.82, 2.24) is 15.0 Å². The molecule has 0 aliphatic heterocycles. The molecule has 0 fully saturated rings. The van der Waals surface area contributed by atoms with Crippen molar-refractivity contribution in [2.45, 2.75) is 13.3 Å². The minimum absolute atomic E-state index is 0.265. The van der Waals surface area contributed by atoms with Gasteiger partial charge in [-0.05, 0) is 24.6 Å². The monoisotopic (exact) mass is 230 g/mol. The highest BCUT2D eigenvalue weighted by Crippen LogP contribution is 2.13. The molecule has 0 saturated heterocycles. The summed E-state index contributed by atoms with van der Waals surface area (Å²) in [4.78, 5) is 12.3. The first-order chi connectivity index (χ1) is 8.17. The van der Waals surface area contributed by atoms with Crippen molar-refractivity contribution in [3.63, 3.8) is 0 Å². The maximum atomic E-state index is 5.58. The van der Waals surface area contributed by atoms with E-state index in [1.54, 1.807) is 14.0 Å². The van der Waals surface area contributed by atoms with Gasteiger partial charge in [0.05, 0.1) is 7.11 Å². The second kappa shape index (κ2) is 4.78. The highest BCUT2D eigenvalue weighted by Gasteiger charge is 2.03. The Morgan fingerprint density at radius 2 is 1.82 bits per heavy atom. The molecule has 0 aliphatic rings. The van der Waals surface area contributed by atoms with Crippen LogP contribution in [-0.4, -0.2) is 22.1 Å². The van der Waals surface area contributed by atoms with Crippen molar-refractivity contribution in [1.29, 1.82) is 0 Å². The summed E-state index contributed by atoms with van der Waals surface area (Å²) in [7, 11) is 1.64. The van der Waals surface area contributed by atoms with Gasteiger partial charge in [-0.25, -0.2) is 4.98 Å². The predicted molar refractivity (Wildman–Crippen MR) is 64.8 cm³/mol. The van der Waals surface area contributed by atoms with Crippen LogP contribution in [0.5, 0.6) is 5.75 Å². The van der Waals surface area contributed by atoms with Crippen LogP contribution < -0.4 is 10.5 Å². The summed E-state index contributed by atoms with van der Waals surface area (Å²) in [6.07, 6.45) is 0.636. The molecule has 1 aromatic carbocycles. The molecule has 0 radical (unpaired) electrons. The van der Waals surface area contributed by atoms with Crippen LogP contribution in [0.4, 0.5) is 5.95 Å². The molecule has 0 bridgehead atoms. The van der Waals surface area contributed by atoms with Crippen LogP contribution in [0.3, 0.4) is 0 Å². The molecule has 17 heavy (non-hydrogen) atoms. The fraction of sp³-hybridized carbons (Fsp3) is 0.250. The number of benzene rings is 1. The van der Waals surface area contributed by atoms with E-state index in [-0.39, 0.29) is 5.95 Å². The van der Waals surface area contributed by atoms with Gasteiger partial charge in [-0.2, -0.15) is 9.97 Å². The molecule has 2 rings (SSSR count). The second-order valence-electron chi connectivity index (χ2n) is 3.68. The zero-order valence-corrected chi connectivity index (χ0v) is 9.84. The summed E-state index contributed by atoms with van der Waals surface area (Å²) in [6.45, 7) is 1.80. The number of hydrogen-bond donors (Lipinski definition) is 1. The lowest BCUT2D eigenvalue weighted by atomic mass is 10.1. The van der Waals surface area contributed by atoms with Gasteiger partial charge in [0, 0.05) is 6.42 Å². The molecule has 1 heterocycles. The summed E-state index contributed by atoms with van der Waals surface area (Å²) in [5.41, 5.74) is 6.68. The number of rotatable bonds is 3. The summed E-state index contributed by atoms with van der Waals surface area (Å²) in [6, 6.07) is 7.78. The van der Waals surface area contributed by atoms with Crippen molar-refractivity contribution in [3.05, 3.63) is 41.5 Å². The van der Waals surface area contributed by atoms with Crippen LogP contribution in [0, 0.1) is 6.92 Å². The molecule has 0 aliphatic carbocycles. The van der Waals surface area contributed by atoms with Crippen LogP contribution in [0.25, 0.3) is 0 Å². The van der Waals surface area contributed by atoms with Crippen molar-refractivity contribution in [2.24, 2.45) is 0 Å². The number of aryl methyl sites for hydroxylation is 1.